The zero-order valence-corrected chi connectivity index (χ0v) is 28.1. The number of hydrogen-bond acceptors (Lipinski definition) is 2. The molecule has 2 heterocycles. The molecule has 0 atom stereocenters. The molecule has 0 saturated heterocycles. The maximum atomic E-state index is 6.90. The third-order valence-electron chi connectivity index (χ3n) is 10.7. The van der Waals surface area contributed by atoms with Gasteiger partial charge >= 0.3 is 0 Å². The van der Waals surface area contributed by atoms with E-state index in [1.165, 1.54) is 38.2 Å². The Hall–Kier alpha value is -6.90. The summed E-state index contributed by atoms with van der Waals surface area (Å²) in [6.45, 7) is 0. The fourth-order valence-corrected chi connectivity index (χ4v) is 8.37. The molecule has 0 aliphatic carbocycles. The molecule has 0 aliphatic rings. The van der Waals surface area contributed by atoms with Gasteiger partial charge < -0.3 is 8.83 Å². The van der Waals surface area contributed by atoms with Gasteiger partial charge in [0.1, 0.15) is 22.3 Å². The Morgan fingerprint density at radius 3 is 1.52 bits per heavy atom. The second kappa shape index (κ2) is 11.3. The Balaban J connectivity index is 1.16. The van der Waals surface area contributed by atoms with E-state index >= 15 is 0 Å². The predicted molar refractivity (Wildman–Crippen MR) is 218 cm³/mol. The highest BCUT2D eigenvalue weighted by Crippen LogP contribution is 2.48. The Kier molecular flexibility index (Phi) is 6.28. The molecule has 11 rings (SSSR count). The largest absolute Gasteiger partial charge is 0.456 e. The molecule has 0 spiro atoms. The van der Waals surface area contributed by atoms with Gasteiger partial charge in [0.05, 0.1) is 0 Å². The fourth-order valence-electron chi connectivity index (χ4n) is 8.37. The third-order valence-corrected chi connectivity index (χ3v) is 10.7. The van der Waals surface area contributed by atoms with Gasteiger partial charge in [0, 0.05) is 32.7 Å². The summed E-state index contributed by atoms with van der Waals surface area (Å²) in [4.78, 5) is 0. The van der Waals surface area contributed by atoms with E-state index in [9.17, 15) is 0 Å². The lowest BCUT2D eigenvalue weighted by atomic mass is 9.85. The standard InChI is InChI=1S/C50H30O2/c1-2-13-31(14-3-1)47-37-18-4-6-20-39(37)48(40-21-7-5-19-38(40)47)42-27-26-35(49-41-22-9-11-24-45(41)52-50(42)49)34-16-12-15-32(29-34)33-25-28-46-43(30-33)36-17-8-10-23-44(36)51-46/h1-30H. The van der Waals surface area contributed by atoms with E-state index < -0.39 is 0 Å². The van der Waals surface area contributed by atoms with Gasteiger partial charge in [-0.2, -0.15) is 0 Å². The first-order chi connectivity index (χ1) is 25.8. The minimum Gasteiger partial charge on any atom is -0.456 e. The van der Waals surface area contributed by atoms with Crippen molar-refractivity contribution in [2.75, 3.05) is 0 Å². The van der Waals surface area contributed by atoms with Crippen molar-refractivity contribution in [1.82, 2.24) is 0 Å². The van der Waals surface area contributed by atoms with Crippen LogP contribution >= 0.6 is 0 Å². The van der Waals surface area contributed by atoms with Crippen molar-refractivity contribution in [3.63, 3.8) is 0 Å². The van der Waals surface area contributed by atoms with E-state index in [4.69, 9.17) is 8.83 Å². The molecule has 2 aromatic heterocycles. The predicted octanol–water partition coefficient (Wildman–Crippen LogP) is 14.5. The molecule has 52 heavy (non-hydrogen) atoms. The molecule has 0 saturated carbocycles. The van der Waals surface area contributed by atoms with Crippen molar-refractivity contribution < 1.29 is 8.83 Å². The molecule has 11 aromatic rings. The highest BCUT2D eigenvalue weighted by atomic mass is 16.3. The number of fused-ring (bicyclic) bond motifs is 8. The smallest absolute Gasteiger partial charge is 0.143 e. The number of hydrogen-bond donors (Lipinski definition) is 0. The molecule has 0 unspecified atom stereocenters. The van der Waals surface area contributed by atoms with Crippen LogP contribution in [0.4, 0.5) is 0 Å². The van der Waals surface area contributed by atoms with E-state index in [1.54, 1.807) is 0 Å². The van der Waals surface area contributed by atoms with Gasteiger partial charge in [0.2, 0.25) is 0 Å². The molecule has 0 bridgehead atoms. The van der Waals surface area contributed by atoms with Crippen molar-refractivity contribution in [3.8, 4) is 44.5 Å². The zero-order chi connectivity index (χ0) is 34.2. The van der Waals surface area contributed by atoms with Crippen LogP contribution in [0.5, 0.6) is 0 Å². The lowest BCUT2D eigenvalue weighted by Gasteiger charge is -2.18. The van der Waals surface area contributed by atoms with Crippen LogP contribution in [0.2, 0.25) is 0 Å². The summed E-state index contributed by atoms with van der Waals surface area (Å²) in [5.41, 5.74) is 13.0. The average molecular weight is 663 g/mol. The molecule has 2 heteroatoms. The Bertz CT molecular complexity index is 3120. The lowest BCUT2D eigenvalue weighted by molar-refractivity contribution is 0.669. The molecule has 242 valence electrons. The maximum Gasteiger partial charge on any atom is 0.143 e. The lowest BCUT2D eigenvalue weighted by Crippen LogP contribution is -1.91. The monoisotopic (exact) mass is 662 g/mol. The highest BCUT2D eigenvalue weighted by Gasteiger charge is 2.22. The van der Waals surface area contributed by atoms with E-state index in [-0.39, 0.29) is 0 Å². The van der Waals surface area contributed by atoms with Crippen LogP contribution in [0.3, 0.4) is 0 Å². The molecular weight excluding hydrogens is 633 g/mol. The minimum atomic E-state index is 0.883. The van der Waals surface area contributed by atoms with E-state index in [1.807, 2.05) is 12.1 Å². The summed E-state index contributed by atoms with van der Waals surface area (Å²) in [7, 11) is 0. The normalized spacial score (nSPS) is 11.8. The number of para-hydroxylation sites is 2. The van der Waals surface area contributed by atoms with Gasteiger partial charge in [-0.1, -0.05) is 146 Å². The van der Waals surface area contributed by atoms with Crippen LogP contribution in [-0.4, -0.2) is 0 Å². The second-order valence-corrected chi connectivity index (χ2v) is 13.6. The van der Waals surface area contributed by atoms with Crippen LogP contribution in [-0.2, 0) is 0 Å². The highest BCUT2D eigenvalue weighted by molar-refractivity contribution is 6.25. The van der Waals surface area contributed by atoms with Crippen molar-refractivity contribution in [2.24, 2.45) is 0 Å². The van der Waals surface area contributed by atoms with Gasteiger partial charge in [-0.3, -0.25) is 0 Å². The summed E-state index contributed by atoms with van der Waals surface area (Å²) in [5, 5.41) is 9.37. The van der Waals surface area contributed by atoms with Gasteiger partial charge in [-0.05, 0) is 91.3 Å². The van der Waals surface area contributed by atoms with Crippen LogP contribution < -0.4 is 0 Å². The summed E-state index contributed by atoms with van der Waals surface area (Å²) in [5.74, 6) is 0. The topological polar surface area (TPSA) is 26.3 Å². The summed E-state index contributed by atoms with van der Waals surface area (Å²) >= 11 is 0. The van der Waals surface area contributed by atoms with Crippen LogP contribution in [0.1, 0.15) is 0 Å². The SMILES string of the molecule is c1ccc(-c2c3ccccc3c(-c3ccc(-c4cccc(-c5ccc6oc7ccccc7c6c5)c4)c4c3oc3ccccc34)c3ccccc23)cc1. The van der Waals surface area contributed by atoms with Crippen molar-refractivity contribution in [2.45, 2.75) is 0 Å². The zero-order valence-electron chi connectivity index (χ0n) is 28.1. The Labute approximate surface area is 299 Å². The van der Waals surface area contributed by atoms with Gasteiger partial charge in [0.15, 0.2) is 0 Å². The first-order valence-electron chi connectivity index (χ1n) is 17.8. The third kappa shape index (κ3) is 4.31. The number of furan rings is 2. The van der Waals surface area contributed by atoms with Crippen LogP contribution in [0, 0.1) is 0 Å². The van der Waals surface area contributed by atoms with Crippen molar-refractivity contribution in [3.05, 3.63) is 182 Å². The molecule has 2 nitrogen and oxygen atoms in total. The first kappa shape index (κ1) is 28.9. The molecular formula is C50H30O2. The minimum absolute atomic E-state index is 0.883. The molecule has 9 aromatic carbocycles. The van der Waals surface area contributed by atoms with Gasteiger partial charge in [-0.15, -0.1) is 0 Å². The van der Waals surface area contributed by atoms with E-state index in [2.05, 4.69) is 170 Å². The van der Waals surface area contributed by atoms with Crippen LogP contribution in [0.25, 0.3) is 110 Å². The molecule has 0 amide bonds. The second-order valence-electron chi connectivity index (χ2n) is 13.6. The first-order valence-corrected chi connectivity index (χ1v) is 17.8. The fraction of sp³-hybridized carbons (Fsp3) is 0. The maximum absolute atomic E-state index is 6.90. The average Bonchev–Trinajstić information content (AvgIpc) is 3.79. The summed E-state index contributed by atoms with van der Waals surface area (Å²) < 4.78 is 13.0. The molecule has 0 fully saturated rings. The molecule has 0 aliphatic heterocycles. The van der Waals surface area contributed by atoms with Crippen molar-refractivity contribution >= 4 is 65.4 Å². The van der Waals surface area contributed by atoms with Gasteiger partial charge in [0.25, 0.3) is 0 Å². The van der Waals surface area contributed by atoms with Gasteiger partial charge in [-0.25, -0.2) is 0 Å². The number of benzene rings is 9. The molecule has 0 radical (unpaired) electrons. The van der Waals surface area contributed by atoms with Crippen molar-refractivity contribution in [1.29, 1.82) is 0 Å². The summed E-state index contributed by atoms with van der Waals surface area (Å²) in [6, 6.07) is 65.0. The van der Waals surface area contributed by atoms with E-state index in [0.29, 0.717) is 0 Å². The number of rotatable bonds is 4. The van der Waals surface area contributed by atoms with E-state index in [0.717, 1.165) is 71.7 Å². The summed E-state index contributed by atoms with van der Waals surface area (Å²) in [6.07, 6.45) is 0. The molecule has 0 N–H and O–H groups in total. The van der Waals surface area contributed by atoms with Crippen LogP contribution in [0.15, 0.2) is 191 Å². The Morgan fingerprint density at radius 1 is 0.269 bits per heavy atom. The quantitative estimate of drug-likeness (QED) is 0.175. The Morgan fingerprint density at radius 2 is 0.788 bits per heavy atom.